The van der Waals surface area contributed by atoms with Crippen molar-refractivity contribution in [3.05, 3.63) is 52.9 Å². The van der Waals surface area contributed by atoms with Crippen molar-refractivity contribution in [3.8, 4) is 0 Å². The van der Waals surface area contributed by atoms with Gasteiger partial charge >= 0.3 is 0 Å². The molecule has 0 saturated carbocycles. The van der Waals surface area contributed by atoms with Gasteiger partial charge in [0, 0.05) is 23.2 Å². The molecule has 5 heteroatoms. The van der Waals surface area contributed by atoms with E-state index in [2.05, 4.69) is 5.32 Å². The smallest absolute Gasteiger partial charge is 0.253 e. The SMILES string of the molecule is CC(Cc1ccco1)NC(=O)c1cc(Cl)ccc1N. The van der Waals surface area contributed by atoms with Gasteiger partial charge in [-0.05, 0) is 37.3 Å². The van der Waals surface area contributed by atoms with Crippen LogP contribution >= 0.6 is 11.6 Å². The summed E-state index contributed by atoms with van der Waals surface area (Å²) in [5, 5.41) is 3.35. The molecule has 1 amide bonds. The number of rotatable bonds is 4. The van der Waals surface area contributed by atoms with Crippen molar-refractivity contribution < 1.29 is 9.21 Å². The number of hydrogen-bond acceptors (Lipinski definition) is 3. The van der Waals surface area contributed by atoms with Gasteiger partial charge in [-0.2, -0.15) is 0 Å². The quantitative estimate of drug-likeness (QED) is 0.845. The summed E-state index contributed by atoms with van der Waals surface area (Å²) < 4.78 is 5.24. The zero-order chi connectivity index (χ0) is 13.8. The minimum atomic E-state index is -0.237. The maximum absolute atomic E-state index is 12.1. The molecule has 0 bridgehead atoms. The van der Waals surface area contributed by atoms with Crippen LogP contribution in [0.15, 0.2) is 41.0 Å². The van der Waals surface area contributed by atoms with Crippen LogP contribution in [0.3, 0.4) is 0 Å². The molecule has 19 heavy (non-hydrogen) atoms. The lowest BCUT2D eigenvalue weighted by Crippen LogP contribution is -2.34. The van der Waals surface area contributed by atoms with Crippen LogP contribution in [0.2, 0.25) is 5.02 Å². The first kappa shape index (κ1) is 13.5. The number of benzene rings is 1. The first-order valence-corrected chi connectivity index (χ1v) is 6.32. The summed E-state index contributed by atoms with van der Waals surface area (Å²) in [4.78, 5) is 12.1. The molecule has 0 spiro atoms. The highest BCUT2D eigenvalue weighted by Crippen LogP contribution is 2.18. The normalized spacial score (nSPS) is 12.1. The predicted octanol–water partition coefficient (Wildman–Crippen LogP) is 2.88. The first-order valence-electron chi connectivity index (χ1n) is 5.94. The number of anilines is 1. The van der Waals surface area contributed by atoms with Crippen LogP contribution in [0.1, 0.15) is 23.0 Å². The second-order valence-corrected chi connectivity index (χ2v) is 4.83. The molecule has 1 heterocycles. The third kappa shape index (κ3) is 3.51. The molecule has 0 radical (unpaired) electrons. The summed E-state index contributed by atoms with van der Waals surface area (Å²) in [5.74, 6) is 0.589. The largest absolute Gasteiger partial charge is 0.469 e. The summed E-state index contributed by atoms with van der Waals surface area (Å²) in [6.07, 6.45) is 2.23. The van der Waals surface area contributed by atoms with Gasteiger partial charge in [-0.15, -0.1) is 0 Å². The van der Waals surface area contributed by atoms with Crippen molar-refractivity contribution in [1.29, 1.82) is 0 Å². The molecule has 4 nitrogen and oxygen atoms in total. The van der Waals surface area contributed by atoms with Crippen LogP contribution in [0.4, 0.5) is 5.69 Å². The zero-order valence-electron chi connectivity index (χ0n) is 10.5. The van der Waals surface area contributed by atoms with E-state index >= 15 is 0 Å². The van der Waals surface area contributed by atoms with Crippen molar-refractivity contribution in [2.75, 3.05) is 5.73 Å². The summed E-state index contributed by atoms with van der Waals surface area (Å²) in [5.41, 5.74) is 6.56. The Morgan fingerprint density at radius 2 is 2.26 bits per heavy atom. The molecule has 2 rings (SSSR count). The molecule has 1 aromatic heterocycles. The van der Waals surface area contributed by atoms with E-state index in [-0.39, 0.29) is 11.9 Å². The Bertz CT molecular complexity index is 567. The fourth-order valence-electron chi connectivity index (χ4n) is 1.81. The third-order valence-electron chi connectivity index (χ3n) is 2.72. The van der Waals surface area contributed by atoms with E-state index in [1.807, 2.05) is 19.1 Å². The van der Waals surface area contributed by atoms with E-state index in [1.54, 1.807) is 24.5 Å². The van der Waals surface area contributed by atoms with Gasteiger partial charge in [0.25, 0.3) is 5.91 Å². The topological polar surface area (TPSA) is 68.3 Å². The van der Waals surface area contributed by atoms with Crippen molar-refractivity contribution in [3.63, 3.8) is 0 Å². The van der Waals surface area contributed by atoms with Crippen molar-refractivity contribution in [2.24, 2.45) is 0 Å². The number of carbonyl (C=O) groups is 1. The van der Waals surface area contributed by atoms with E-state index < -0.39 is 0 Å². The van der Waals surface area contributed by atoms with E-state index in [0.29, 0.717) is 22.7 Å². The number of nitrogen functional groups attached to an aromatic ring is 1. The van der Waals surface area contributed by atoms with Crippen molar-refractivity contribution in [2.45, 2.75) is 19.4 Å². The zero-order valence-corrected chi connectivity index (χ0v) is 11.3. The Morgan fingerprint density at radius 1 is 1.47 bits per heavy atom. The Labute approximate surface area is 116 Å². The highest BCUT2D eigenvalue weighted by Gasteiger charge is 2.14. The Morgan fingerprint density at radius 3 is 2.95 bits per heavy atom. The molecule has 1 unspecified atom stereocenters. The second kappa shape index (κ2) is 5.80. The molecule has 0 aliphatic carbocycles. The Kier molecular flexibility index (Phi) is 4.12. The molecule has 0 saturated heterocycles. The summed E-state index contributed by atoms with van der Waals surface area (Å²) in [7, 11) is 0. The van der Waals surface area contributed by atoms with Gasteiger partial charge in [-0.25, -0.2) is 0 Å². The van der Waals surface area contributed by atoms with Gasteiger partial charge in [0.1, 0.15) is 5.76 Å². The molecule has 100 valence electrons. The molecular formula is C14H15ClN2O2. The maximum Gasteiger partial charge on any atom is 0.253 e. The highest BCUT2D eigenvalue weighted by molar-refractivity contribution is 6.31. The van der Waals surface area contributed by atoms with Crippen LogP contribution in [0.25, 0.3) is 0 Å². The molecule has 0 aliphatic rings. The van der Waals surface area contributed by atoms with Gasteiger partial charge < -0.3 is 15.5 Å². The van der Waals surface area contributed by atoms with Crippen LogP contribution in [-0.4, -0.2) is 11.9 Å². The molecule has 1 aromatic carbocycles. The molecular weight excluding hydrogens is 264 g/mol. The fraction of sp³-hybridized carbons (Fsp3) is 0.214. The van der Waals surface area contributed by atoms with Crippen LogP contribution in [0, 0.1) is 0 Å². The molecule has 3 N–H and O–H groups in total. The summed E-state index contributed by atoms with van der Waals surface area (Å²) in [6.45, 7) is 1.90. The summed E-state index contributed by atoms with van der Waals surface area (Å²) in [6, 6.07) is 8.46. The maximum atomic E-state index is 12.1. The van der Waals surface area contributed by atoms with E-state index in [9.17, 15) is 4.79 Å². The Balaban J connectivity index is 2.02. The number of furan rings is 1. The van der Waals surface area contributed by atoms with Gasteiger partial charge in [0.05, 0.1) is 11.8 Å². The number of nitrogens with two attached hydrogens (primary N) is 1. The molecule has 1 atom stereocenters. The highest BCUT2D eigenvalue weighted by atomic mass is 35.5. The van der Waals surface area contributed by atoms with Gasteiger partial charge in [0.15, 0.2) is 0 Å². The monoisotopic (exact) mass is 278 g/mol. The van der Waals surface area contributed by atoms with Crippen LogP contribution < -0.4 is 11.1 Å². The molecule has 0 fully saturated rings. The average molecular weight is 279 g/mol. The van der Waals surface area contributed by atoms with E-state index in [4.69, 9.17) is 21.8 Å². The van der Waals surface area contributed by atoms with E-state index in [0.717, 1.165) is 5.76 Å². The minimum absolute atomic E-state index is 0.0583. The fourth-order valence-corrected chi connectivity index (χ4v) is 1.98. The number of carbonyl (C=O) groups excluding carboxylic acids is 1. The lowest BCUT2D eigenvalue weighted by atomic mass is 10.1. The Hall–Kier alpha value is -1.94. The van der Waals surface area contributed by atoms with Crippen LogP contribution in [-0.2, 0) is 6.42 Å². The van der Waals surface area contributed by atoms with E-state index in [1.165, 1.54) is 0 Å². The molecule has 2 aromatic rings. The van der Waals surface area contributed by atoms with Crippen molar-refractivity contribution >= 4 is 23.2 Å². The number of hydrogen-bond donors (Lipinski definition) is 2. The predicted molar refractivity (Wildman–Crippen MR) is 75.2 cm³/mol. The third-order valence-corrected chi connectivity index (χ3v) is 2.96. The van der Waals surface area contributed by atoms with Crippen LogP contribution in [0.5, 0.6) is 0 Å². The standard InChI is InChI=1S/C14H15ClN2O2/c1-9(7-11-3-2-6-19-11)17-14(18)12-8-10(15)4-5-13(12)16/h2-6,8-9H,7,16H2,1H3,(H,17,18). The second-order valence-electron chi connectivity index (χ2n) is 4.39. The summed E-state index contributed by atoms with van der Waals surface area (Å²) >= 11 is 5.86. The number of nitrogens with one attached hydrogen (secondary N) is 1. The lowest BCUT2D eigenvalue weighted by Gasteiger charge is -2.13. The number of halogens is 1. The minimum Gasteiger partial charge on any atom is -0.469 e. The van der Waals surface area contributed by atoms with Gasteiger partial charge in [0.2, 0.25) is 0 Å². The molecule has 0 aliphatic heterocycles. The van der Waals surface area contributed by atoms with Gasteiger partial charge in [-0.3, -0.25) is 4.79 Å². The van der Waals surface area contributed by atoms with Crippen molar-refractivity contribution in [1.82, 2.24) is 5.32 Å². The number of amides is 1. The van der Waals surface area contributed by atoms with Gasteiger partial charge in [-0.1, -0.05) is 11.6 Å². The first-order chi connectivity index (χ1) is 9.06. The lowest BCUT2D eigenvalue weighted by molar-refractivity contribution is 0.0940. The average Bonchev–Trinajstić information content (AvgIpc) is 2.84.